The average Bonchev–Trinajstić information content (AvgIpc) is 3.17. The van der Waals surface area contributed by atoms with Gasteiger partial charge < -0.3 is 4.90 Å². The van der Waals surface area contributed by atoms with Crippen LogP contribution in [0.1, 0.15) is 58.2 Å². The molecule has 0 heterocycles. The van der Waals surface area contributed by atoms with Gasteiger partial charge in [0.25, 0.3) is 0 Å². The maximum Gasteiger partial charge on any atom is 0.0493 e. The van der Waals surface area contributed by atoms with Gasteiger partial charge in [0.15, 0.2) is 0 Å². The summed E-state index contributed by atoms with van der Waals surface area (Å²) in [5.41, 5.74) is 17.9. The molecule has 0 saturated carbocycles. The van der Waals surface area contributed by atoms with Crippen molar-refractivity contribution in [2.75, 3.05) is 4.90 Å². The van der Waals surface area contributed by atoms with Crippen LogP contribution < -0.4 is 4.90 Å². The van der Waals surface area contributed by atoms with Crippen molar-refractivity contribution in [3.63, 3.8) is 0 Å². The molecule has 0 radical (unpaired) electrons. The van der Waals surface area contributed by atoms with Gasteiger partial charge in [-0.2, -0.15) is 0 Å². The number of hydrogen-bond acceptors (Lipinski definition) is 1. The molecule has 54 heavy (non-hydrogen) atoms. The quantitative estimate of drug-likeness (QED) is 0.173. The Morgan fingerprint density at radius 1 is 0.352 bits per heavy atom. The van der Waals surface area contributed by atoms with E-state index >= 15 is 0 Å². The highest BCUT2D eigenvalue weighted by molar-refractivity contribution is 6.13. The Labute approximate surface area is 320 Å². The number of hydrogen-bond donors (Lipinski definition) is 0. The van der Waals surface area contributed by atoms with Crippen molar-refractivity contribution in [2.24, 2.45) is 0 Å². The van der Waals surface area contributed by atoms with Gasteiger partial charge in [0.1, 0.15) is 0 Å². The lowest BCUT2D eigenvalue weighted by atomic mass is 9.77. The highest BCUT2D eigenvalue weighted by Gasteiger charge is 2.26. The Hall–Kier alpha value is -5.92. The Bertz CT molecular complexity index is 2720. The first-order chi connectivity index (χ1) is 25.9. The second kappa shape index (κ2) is 12.6. The number of aryl methyl sites for hydroxylation is 1. The van der Waals surface area contributed by atoms with Gasteiger partial charge in [-0.05, 0) is 167 Å². The number of rotatable bonds is 5. The van der Waals surface area contributed by atoms with E-state index in [1.165, 1.54) is 99.8 Å². The third kappa shape index (κ3) is 5.89. The highest BCUT2D eigenvalue weighted by Crippen LogP contribution is 2.52. The predicted molar refractivity (Wildman–Crippen MR) is 234 cm³/mol. The first-order valence-corrected chi connectivity index (χ1v) is 19.3. The topological polar surface area (TPSA) is 3.24 Å². The number of anilines is 3. The van der Waals surface area contributed by atoms with E-state index in [-0.39, 0.29) is 10.8 Å². The molecule has 0 fully saturated rings. The predicted octanol–water partition coefficient (Wildman–Crippen LogP) is 15.3. The summed E-state index contributed by atoms with van der Waals surface area (Å²) in [5.74, 6) is 0. The number of nitrogens with zero attached hydrogens (tertiary/aromatic N) is 1. The van der Waals surface area contributed by atoms with Gasteiger partial charge in [-0.1, -0.05) is 133 Å². The van der Waals surface area contributed by atoms with E-state index in [9.17, 15) is 0 Å². The van der Waals surface area contributed by atoms with Crippen LogP contribution in [0.3, 0.4) is 0 Å². The lowest BCUT2D eigenvalue weighted by Crippen LogP contribution is -2.17. The van der Waals surface area contributed by atoms with E-state index in [2.05, 4.69) is 211 Å². The van der Waals surface area contributed by atoms with Crippen LogP contribution in [0.5, 0.6) is 0 Å². The molecule has 0 aromatic heterocycles. The molecule has 1 nitrogen and oxygen atoms in total. The van der Waals surface area contributed by atoms with Crippen LogP contribution >= 0.6 is 0 Å². The van der Waals surface area contributed by atoms with Crippen molar-refractivity contribution in [3.8, 4) is 44.5 Å². The molecule has 264 valence electrons. The Balaban J connectivity index is 1.18. The molecule has 0 N–H and O–H groups in total. The lowest BCUT2D eigenvalue weighted by Gasteiger charge is -2.31. The molecule has 8 aromatic carbocycles. The van der Waals surface area contributed by atoms with Crippen LogP contribution in [0.2, 0.25) is 0 Å². The number of benzene rings is 8. The normalized spacial score (nSPS) is 12.4. The van der Waals surface area contributed by atoms with Crippen molar-refractivity contribution in [2.45, 2.75) is 59.3 Å². The van der Waals surface area contributed by atoms with Gasteiger partial charge in [0, 0.05) is 17.1 Å². The minimum Gasteiger partial charge on any atom is -0.310 e. The summed E-state index contributed by atoms with van der Waals surface area (Å²) < 4.78 is 0. The molecule has 1 heteroatoms. The average molecular weight is 698 g/mol. The van der Waals surface area contributed by atoms with Gasteiger partial charge in [0.2, 0.25) is 0 Å². The number of fused-ring (bicyclic) bond motifs is 6. The van der Waals surface area contributed by atoms with Crippen LogP contribution in [0.15, 0.2) is 158 Å². The maximum absolute atomic E-state index is 2.47. The highest BCUT2D eigenvalue weighted by atomic mass is 15.1. The molecule has 8 aromatic rings. The standard InChI is InChI=1S/C53H47N/c1-34-21-23-42(53(5,6)7)33-51(34)54(43-20-14-19-41(32-43)52(2,3)4)44-24-22-37-26-47-48(29-38(37)25-44)50-31-40-28-46(36-17-12-9-13-18-36)45(27-39(40)30-49(47)50)35-15-10-8-11-16-35/h8-33H,1-7H3. The minimum atomic E-state index is 0.0373. The van der Waals surface area contributed by atoms with E-state index in [4.69, 9.17) is 0 Å². The van der Waals surface area contributed by atoms with E-state index in [1.807, 2.05) is 0 Å². The lowest BCUT2D eigenvalue weighted by molar-refractivity contribution is 0.590. The fraction of sp³-hybridized carbons (Fsp3) is 0.170. The monoisotopic (exact) mass is 697 g/mol. The van der Waals surface area contributed by atoms with E-state index in [1.54, 1.807) is 0 Å². The largest absolute Gasteiger partial charge is 0.310 e. The second-order valence-electron chi connectivity index (χ2n) is 17.2. The molecule has 1 aliphatic rings. The third-order valence-corrected chi connectivity index (χ3v) is 11.4. The maximum atomic E-state index is 2.47. The molecule has 0 amide bonds. The molecule has 0 unspecified atom stereocenters. The van der Waals surface area contributed by atoms with Crippen molar-refractivity contribution in [3.05, 3.63) is 174 Å². The summed E-state index contributed by atoms with van der Waals surface area (Å²) >= 11 is 0. The van der Waals surface area contributed by atoms with Crippen molar-refractivity contribution in [1.29, 1.82) is 0 Å². The Kier molecular flexibility index (Phi) is 7.91. The summed E-state index contributed by atoms with van der Waals surface area (Å²) in [5, 5.41) is 5.06. The molecule has 9 rings (SSSR count). The third-order valence-electron chi connectivity index (χ3n) is 11.4. The van der Waals surface area contributed by atoms with Gasteiger partial charge in [-0.25, -0.2) is 0 Å². The summed E-state index contributed by atoms with van der Waals surface area (Å²) in [6.45, 7) is 16.0. The molecule has 0 saturated heterocycles. The fourth-order valence-corrected chi connectivity index (χ4v) is 8.17. The zero-order chi connectivity index (χ0) is 37.4. The Morgan fingerprint density at radius 3 is 1.35 bits per heavy atom. The molecule has 0 atom stereocenters. The zero-order valence-corrected chi connectivity index (χ0v) is 32.5. The van der Waals surface area contributed by atoms with Crippen LogP contribution in [-0.4, -0.2) is 0 Å². The van der Waals surface area contributed by atoms with E-state index in [0.29, 0.717) is 0 Å². The summed E-state index contributed by atoms with van der Waals surface area (Å²) in [6, 6.07) is 59.1. The summed E-state index contributed by atoms with van der Waals surface area (Å²) in [6.07, 6.45) is 0. The smallest absolute Gasteiger partial charge is 0.0493 e. The zero-order valence-electron chi connectivity index (χ0n) is 32.5. The molecular weight excluding hydrogens is 651 g/mol. The van der Waals surface area contributed by atoms with Crippen LogP contribution in [0.25, 0.3) is 66.1 Å². The van der Waals surface area contributed by atoms with Crippen molar-refractivity contribution < 1.29 is 0 Å². The van der Waals surface area contributed by atoms with E-state index < -0.39 is 0 Å². The van der Waals surface area contributed by atoms with Crippen LogP contribution in [0, 0.1) is 6.92 Å². The van der Waals surface area contributed by atoms with Crippen molar-refractivity contribution in [1.82, 2.24) is 0 Å². The SMILES string of the molecule is Cc1ccc(C(C)(C)C)cc1N(c1cccc(C(C)(C)C)c1)c1ccc2cc3c(cc2c1)-c1cc2cc(-c4ccccc4)c(-c4ccccc4)cc2cc1-3. The fourth-order valence-electron chi connectivity index (χ4n) is 8.17. The summed E-state index contributed by atoms with van der Waals surface area (Å²) in [7, 11) is 0. The van der Waals surface area contributed by atoms with Crippen molar-refractivity contribution >= 4 is 38.6 Å². The molecule has 1 aliphatic carbocycles. The summed E-state index contributed by atoms with van der Waals surface area (Å²) in [4.78, 5) is 2.47. The Morgan fingerprint density at radius 2 is 0.815 bits per heavy atom. The second-order valence-corrected chi connectivity index (χ2v) is 17.2. The van der Waals surface area contributed by atoms with Crippen LogP contribution in [0.4, 0.5) is 17.1 Å². The van der Waals surface area contributed by atoms with Gasteiger partial charge >= 0.3 is 0 Å². The van der Waals surface area contributed by atoms with Gasteiger partial charge in [-0.3, -0.25) is 0 Å². The molecule has 0 bridgehead atoms. The minimum absolute atomic E-state index is 0.0373. The van der Waals surface area contributed by atoms with Gasteiger partial charge in [0.05, 0.1) is 0 Å². The molecule has 0 aliphatic heterocycles. The molecule has 0 spiro atoms. The van der Waals surface area contributed by atoms with Crippen LogP contribution in [-0.2, 0) is 10.8 Å². The van der Waals surface area contributed by atoms with E-state index in [0.717, 1.165) is 0 Å². The first kappa shape index (κ1) is 33.9. The molecular formula is C53H47N. The van der Waals surface area contributed by atoms with Gasteiger partial charge in [-0.15, -0.1) is 0 Å². The first-order valence-electron chi connectivity index (χ1n) is 19.3.